The van der Waals surface area contributed by atoms with Gasteiger partial charge in [-0.3, -0.25) is 10.1 Å². The van der Waals surface area contributed by atoms with Crippen molar-refractivity contribution in [1.29, 1.82) is 0 Å². The van der Waals surface area contributed by atoms with E-state index in [0.717, 1.165) is 11.0 Å². The van der Waals surface area contributed by atoms with Crippen molar-refractivity contribution in [2.45, 2.75) is 6.43 Å². The predicted octanol–water partition coefficient (Wildman–Crippen LogP) is 0.753. The highest BCUT2D eigenvalue weighted by molar-refractivity contribution is 5.98. The maximum absolute atomic E-state index is 12.5. The number of rotatable bonds is 7. The number of aliphatic hydroxyl groups is 1. The fourth-order valence-corrected chi connectivity index (χ4v) is 1.75. The number of hydrogen-bond donors (Lipinski definition) is 3. The summed E-state index contributed by atoms with van der Waals surface area (Å²) in [4.78, 5) is 11.3. The summed E-state index contributed by atoms with van der Waals surface area (Å²) >= 11 is 0. The normalized spacial score (nSPS) is 11.7. The summed E-state index contributed by atoms with van der Waals surface area (Å²) in [6.45, 7) is -1.38. The molecule has 10 heteroatoms. The lowest BCUT2D eigenvalue weighted by Crippen LogP contribution is -2.32. The summed E-state index contributed by atoms with van der Waals surface area (Å²) in [5.41, 5.74) is 4.85. The Balaban J connectivity index is 3.29. The first-order chi connectivity index (χ1) is 9.90. The van der Waals surface area contributed by atoms with Gasteiger partial charge in [0.1, 0.15) is 5.69 Å². The molecule has 0 aliphatic rings. The number of nitro benzene ring substituents is 1. The zero-order valence-corrected chi connectivity index (χ0v) is 10.8. The Kier molecular flexibility index (Phi) is 5.79. The van der Waals surface area contributed by atoms with Gasteiger partial charge in [-0.1, -0.05) is 5.16 Å². The molecule has 1 aromatic rings. The van der Waals surface area contributed by atoms with Gasteiger partial charge in [0.25, 0.3) is 12.1 Å². The Morgan fingerprint density at radius 2 is 2.19 bits per heavy atom. The Hall–Kier alpha value is -2.49. The lowest BCUT2D eigenvalue weighted by Gasteiger charge is -2.23. The smallest absolute Gasteiger partial charge is 0.293 e. The summed E-state index contributed by atoms with van der Waals surface area (Å²) in [5.74, 6) is -0.341. The minimum Gasteiger partial charge on any atom is -0.409 e. The van der Waals surface area contributed by atoms with Crippen molar-refractivity contribution in [2.24, 2.45) is 10.9 Å². The zero-order chi connectivity index (χ0) is 16.0. The molecule has 0 bridgehead atoms. The molecule has 1 aromatic carbocycles. The number of halogens is 2. The molecule has 0 radical (unpaired) electrons. The molecule has 8 nitrogen and oxygen atoms in total. The van der Waals surface area contributed by atoms with Crippen LogP contribution in [-0.4, -0.2) is 47.2 Å². The molecule has 0 spiro atoms. The van der Waals surface area contributed by atoms with Crippen LogP contribution in [0.25, 0.3) is 0 Å². The maximum atomic E-state index is 12.5. The molecule has 0 atom stereocenters. The Bertz CT molecular complexity index is 539. The van der Waals surface area contributed by atoms with E-state index >= 15 is 0 Å². The largest absolute Gasteiger partial charge is 0.409 e. The molecule has 0 amide bonds. The van der Waals surface area contributed by atoms with Crippen molar-refractivity contribution < 1.29 is 24.0 Å². The van der Waals surface area contributed by atoms with E-state index in [9.17, 15) is 18.9 Å². The zero-order valence-electron chi connectivity index (χ0n) is 10.8. The first-order valence-corrected chi connectivity index (χ1v) is 5.81. The highest BCUT2D eigenvalue weighted by Crippen LogP contribution is 2.29. The van der Waals surface area contributed by atoms with Gasteiger partial charge in [0.15, 0.2) is 5.84 Å². The van der Waals surface area contributed by atoms with E-state index < -0.39 is 30.2 Å². The van der Waals surface area contributed by atoms with E-state index in [1.54, 1.807) is 0 Å². The number of anilines is 1. The number of amidine groups is 1. The van der Waals surface area contributed by atoms with Crippen molar-refractivity contribution in [3.8, 4) is 0 Å². The molecule has 4 N–H and O–H groups in total. The lowest BCUT2D eigenvalue weighted by atomic mass is 10.1. The first-order valence-electron chi connectivity index (χ1n) is 5.81. The molecule has 0 aromatic heterocycles. The fourth-order valence-electron chi connectivity index (χ4n) is 1.75. The highest BCUT2D eigenvalue weighted by atomic mass is 19.3. The number of nitro groups is 1. The van der Waals surface area contributed by atoms with Gasteiger partial charge in [-0.05, 0) is 12.1 Å². The van der Waals surface area contributed by atoms with E-state index in [0.29, 0.717) is 0 Å². The molecule has 21 heavy (non-hydrogen) atoms. The van der Waals surface area contributed by atoms with Crippen LogP contribution in [0.1, 0.15) is 5.56 Å². The third-order valence-electron chi connectivity index (χ3n) is 2.64. The van der Waals surface area contributed by atoms with Crippen LogP contribution in [0.4, 0.5) is 20.2 Å². The van der Waals surface area contributed by atoms with Crippen molar-refractivity contribution in [1.82, 2.24) is 0 Å². The molecule has 0 fully saturated rings. The third-order valence-corrected chi connectivity index (χ3v) is 2.64. The van der Waals surface area contributed by atoms with Gasteiger partial charge >= 0.3 is 0 Å². The summed E-state index contributed by atoms with van der Waals surface area (Å²) in [6.07, 6.45) is -2.72. The summed E-state index contributed by atoms with van der Waals surface area (Å²) in [5, 5.41) is 31.2. The summed E-state index contributed by atoms with van der Waals surface area (Å²) < 4.78 is 25.0. The minimum atomic E-state index is -2.72. The van der Waals surface area contributed by atoms with Gasteiger partial charge in [0.05, 0.1) is 18.1 Å². The molecule has 0 aliphatic heterocycles. The second-order valence-electron chi connectivity index (χ2n) is 4.01. The number of benzene rings is 1. The van der Waals surface area contributed by atoms with Crippen molar-refractivity contribution in [3.63, 3.8) is 0 Å². The van der Waals surface area contributed by atoms with E-state index in [1.807, 2.05) is 0 Å². The van der Waals surface area contributed by atoms with Crippen molar-refractivity contribution in [2.75, 3.05) is 24.6 Å². The number of nitrogens with zero attached hydrogens (tertiary/aromatic N) is 3. The molecule has 0 aliphatic carbocycles. The fraction of sp³-hybridized carbons (Fsp3) is 0.364. The second-order valence-corrected chi connectivity index (χ2v) is 4.01. The number of alkyl halides is 2. The Morgan fingerprint density at radius 1 is 1.52 bits per heavy atom. The number of aliphatic hydroxyl groups excluding tert-OH is 1. The monoisotopic (exact) mass is 304 g/mol. The number of hydrogen-bond acceptors (Lipinski definition) is 6. The molecular weight excluding hydrogens is 290 g/mol. The van der Waals surface area contributed by atoms with Crippen LogP contribution in [0.15, 0.2) is 23.4 Å². The van der Waals surface area contributed by atoms with Gasteiger partial charge in [-0.15, -0.1) is 0 Å². The van der Waals surface area contributed by atoms with Crippen LogP contribution >= 0.6 is 0 Å². The summed E-state index contributed by atoms with van der Waals surface area (Å²) in [7, 11) is 0. The first kappa shape index (κ1) is 16.6. The molecule has 0 heterocycles. The predicted molar refractivity (Wildman–Crippen MR) is 70.9 cm³/mol. The van der Waals surface area contributed by atoms with E-state index in [-0.39, 0.29) is 23.6 Å². The van der Waals surface area contributed by atoms with Crippen LogP contribution in [0.3, 0.4) is 0 Å². The highest BCUT2D eigenvalue weighted by Gasteiger charge is 2.23. The molecule has 1 rings (SSSR count). The van der Waals surface area contributed by atoms with E-state index in [4.69, 9.17) is 16.0 Å². The Morgan fingerprint density at radius 3 is 2.67 bits per heavy atom. The summed E-state index contributed by atoms with van der Waals surface area (Å²) in [6, 6.07) is 3.52. The van der Waals surface area contributed by atoms with Crippen molar-refractivity contribution >= 4 is 17.2 Å². The molecule has 0 saturated heterocycles. The van der Waals surface area contributed by atoms with Gasteiger partial charge in [-0.25, -0.2) is 8.78 Å². The van der Waals surface area contributed by atoms with Gasteiger partial charge in [-0.2, -0.15) is 0 Å². The molecular formula is C11H14F2N4O4. The van der Waals surface area contributed by atoms with Gasteiger partial charge in [0, 0.05) is 18.2 Å². The third kappa shape index (κ3) is 4.24. The SMILES string of the molecule is N/C(=N/O)c1ccc(N(CCO)CC(F)F)c([N+](=O)[O-])c1. The standard InChI is InChI=1S/C11H14F2N4O4/c12-10(13)6-16(3-4-18)8-2-1-7(11(14)15-19)5-9(8)17(20)21/h1-2,5,10,18-19H,3-4,6H2,(H2,14,15). The minimum absolute atomic E-state index is 0.0777. The van der Waals surface area contributed by atoms with E-state index in [2.05, 4.69) is 5.16 Å². The lowest BCUT2D eigenvalue weighted by molar-refractivity contribution is -0.384. The molecule has 0 unspecified atom stereocenters. The van der Waals surface area contributed by atoms with Gasteiger partial charge < -0.3 is 20.9 Å². The van der Waals surface area contributed by atoms with E-state index in [1.165, 1.54) is 12.1 Å². The number of nitrogens with two attached hydrogens (primary N) is 1. The van der Waals surface area contributed by atoms with Crippen LogP contribution in [0.2, 0.25) is 0 Å². The van der Waals surface area contributed by atoms with Crippen LogP contribution in [-0.2, 0) is 0 Å². The number of oxime groups is 1. The maximum Gasteiger partial charge on any atom is 0.293 e. The van der Waals surface area contributed by atoms with Crippen molar-refractivity contribution in [3.05, 3.63) is 33.9 Å². The quantitative estimate of drug-likeness (QED) is 0.224. The van der Waals surface area contributed by atoms with Crippen LogP contribution in [0.5, 0.6) is 0 Å². The van der Waals surface area contributed by atoms with Gasteiger partial charge in [0.2, 0.25) is 0 Å². The van der Waals surface area contributed by atoms with Crippen LogP contribution < -0.4 is 10.6 Å². The second kappa shape index (κ2) is 7.33. The Labute approximate surface area is 118 Å². The van der Waals surface area contributed by atoms with Crippen LogP contribution in [0, 0.1) is 10.1 Å². The molecule has 0 saturated carbocycles. The average molecular weight is 304 g/mol. The molecule has 116 valence electrons. The topological polar surface area (TPSA) is 125 Å². The average Bonchev–Trinajstić information content (AvgIpc) is 2.44.